The number of hydrogen-bond donors (Lipinski definition) is 6. The molecule has 11 heteroatoms. The first kappa shape index (κ1) is 24.2. The lowest BCUT2D eigenvalue weighted by atomic mass is 10.1. The van der Waals surface area contributed by atoms with Crippen molar-refractivity contribution in [3.8, 4) is 0 Å². The molecule has 0 aliphatic heterocycles. The van der Waals surface area contributed by atoms with Crippen molar-refractivity contribution in [2.45, 2.75) is 24.5 Å². The van der Waals surface area contributed by atoms with Gasteiger partial charge in [-0.05, 0) is 12.0 Å². The van der Waals surface area contributed by atoms with Crippen LogP contribution in [0.1, 0.15) is 5.56 Å². The first-order chi connectivity index (χ1) is 12.1. The van der Waals surface area contributed by atoms with Crippen molar-refractivity contribution in [2.75, 3.05) is 11.5 Å². The minimum absolute atomic E-state index is 0.229. The van der Waals surface area contributed by atoms with Crippen LogP contribution < -0.4 is 17.2 Å². The predicted octanol–water partition coefficient (Wildman–Crippen LogP) is -0.167. The zero-order chi connectivity index (χ0) is 20.1. The number of hydrogen-bond acceptors (Lipinski definition) is 8. The van der Waals surface area contributed by atoms with Crippen molar-refractivity contribution in [1.29, 1.82) is 0 Å². The van der Waals surface area contributed by atoms with Gasteiger partial charge in [0.1, 0.15) is 18.1 Å². The highest BCUT2D eigenvalue weighted by Crippen LogP contribution is 2.22. The second kappa shape index (κ2) is 13.4. The summed E-state index contributed by atoms with van der Waals surface area (Å²) in [5, 5.41) is 25.3. The third kappa shape index (κ3) is 11.7. The second-order valence-corrected chi connectivity index (χ2v) is 7.65. The molecule has 2 unspecified atom stereocenters. The fourth-order valence-electron chi connectivity index (χ4n) is 1.34. The molecular weight excluding hydrogens is 382 g/mol. The number of carboxylic acids is 3. The van der Waals surface area contributed by atoms with Crippen molar-refractivity contribution >= 4 is 39.5 Å². The average Bonchev–Trinajstić information content (AvgIpc) is 2.59. The highest BCUT2D eigenvalue weighted by molar-refractivity contribution is 8.76. The van der Waals surface area contributed by atoms with E-state index >= 15 is 0 Å². The van der Waals surface area contributed by atoms with Gasteiger partial charge >= 0.3 is 17.9 Å². The minimum atomic E-state index is -1.07. The Bertz CT molecular complexity index is 554. The zero-order valence-corrected chi connectivity index (χ0v) is 15.5. The summed E-state index contributed by atoms with van der Waals surface area (Å²) in [6.45, 7) is 0. The summed E-state index contributed by atoms with van der Waals surface area (Å²) in [6, 6.07) is 6.70. The van der Waals surface area contributed by atoms with Crippen LogP contribution in [0, 0.1) is 0 Å². The van der Waals surface area contributed by atoms with Crippen LogP contribution in [0.25, 0.3) is 0 Å². The highest BCUT2D eigenvalue weighted by atomic mass is 33.1. The van der Waals surface area contributed by atoms with E-state index in [9.17, 15) is 14.4 Å². The van der Waals surface area contributed by atoms with Gasteiger partial charge in [0.25, 0.3) is 0 Å². The molecule has 26 heavy (non-hydrogen) atoms. The number of aliphatic carboxylic acids is 3. The van der Waals surface area contributed by atoms with Gasteiger partial charge in [-0.25, -0.2) is 0 Å². The van der Waals surface area contributed by atoms with Crippen molar-refractivity contribution < 1.29 is 29.7 Å². The lowest BCUT2D eigenvalue weighted by molar-refractivity contribution is -0.139. The van der Waals surface area contributed by atoms with Gasteiger partial charge in [0, 0.05) is 11.5 Å². The Morgan fingerprint density at radius 3 is 1.50 bits per heavy atom. The molecule has 146 valence electrons. The summed E-state index contributed by atoms with van der Waals surface area (Å²) >= 11 is 0. The van der Waals surface area contributed by atoms with E-state index in [0.29, 0.717) is 6.42 Å². The van der Waals surface area contributed by atoms with Crippen molar-refractivity contribution in [2.24, 2.45) is 17.2 Å². The van der Waals surface area contributed by atoms with Gasteiger partial charge in [0.05, 0.1) is 0 Å². The van der Waals surface area contributed by atoms with E-state index in [-0.39, 0.29) is 11.5 Å². The SMILES string of the molecule is NC(CSSCC(N)C(=O)O)C(=O)O.N[C@@H](Cc1ccccc1)C(=O)O. The molecule has 0 bridgehead atoms. The second-order valence-electron chi connectivity index (χ2n) is 5.09. The van der Waals surface area contributed by atoms with Crippen LogP contribution in [-0.2, 0) is 20.8 Å². The molecule has 0 saturated carbocycles. The summed E-state index contributed by atoms with van der Waals surface area (Å²) in [5.41, 5.74) is 16.7. The van der Waals surface area contributed by atoms with Crippen LogP contribution in [0.3, 0.4) is 0 Å². The van der Waals surface area contributed by atoms with Crippen molar-refractivity contribution in [3.05, 3.63) is 35.9 Å². The van der Waals surface area contributed by atoms with Crippen LogP contribution in [0.4, 0.5) is 0 Å². The first-order valence-electron chi connectivity index (χ1n) is 7.38. The number of carbonyl (C=O) groups is 3. The van der Waals surface area contributed by atoms with Crippen LogP contribution in [0.15, 0.2) is 30.3 Å². The lowest BCUT2D eigenvalue weighted by Crippen LogP contribution is -2.33. The summed E-state index contributed by atoms with van der Waals surface area (Å²) in [5.74, 6) is -2.64. The van der Waals surface area contributed by atoms with Crippen molar-refractivity contribution in [3.63, 3.8) is 0 Å². The topological polar surface area (TPSA) is 190 Å². The molecule has 0 fully saturated rings. The van der Waals surface area contributed by atoms with Crippen LogP contribution in [0.5, 0.6) is 0 Å². The number of rotatable bonds is 10. The van der Waals surface area contributed by atoms with Gasteiger partial charge in [0.15, 0.2) is 0 Å². The van der Waals surface area contributed by atoms with E-state index < -0.39 is 36.0 Å². The summed E-state index contributed by atoms with van der Waals surface area (Å²) in [7, 11) is 2.41. The van der Waals surface area contributed by atoms with E-state index in [1.807, 2.05) is 30.3 Å². The maximum absolute atomic E-state index is 10.4. The van der Waals surface area contributed by atoms with E-state index in [2.05, 4.69) is 0 Å². The summed E-state index contributed by atoms with van der Waals surface area (Å²) < 4.78 is 0. The van der Waals surface area contributed by atoms with E-state index in [1.165, 1.54) is 21.6 Å². The highest BCUT2D eigenvalue weighted by Gasteiger charge is 2.14. The molecule has 1 aromatic carbocycles. The fourth-order valence-corrected chi connectivity index (χ4v) is 3.57. The molecule has 0 heterocycles. The quantitative estimate of drug-likeness (QED) is 0.224. The average molecular weight is 405 g/mol. The van der Waals surface area contributed by atoms with Gasteiger partial charge in [-0.1, -0.05) is 51.9 Å². The molecule has 0 saturated heterocycles. The van der Waals surface area contributed by atoms with E-state index in [0.717, 1.165) is 5.56 Å². The third-order valence-corrected chi connectivity index (χ3v) is 5.30. The number of carboxylic acid groups (broad SMARTS) is 3. The molecule has 3 atom stereocenters. The molecule has 0 radical (unpaired) electrons. The predicted molar refractivity (Wildman–Crippen MR) is 102 cm³/mol. The molecule has 9 N–H and O–H groups in total. The Morgan fingerprint density at radius 2 is 1.15 bits per heavy atom. The fraction of sp³-hybridized carbons (Fsp3) is 0.400. The van der Waals surface area contributed by atoms with Crippen LogP contribution in [0.2, 0.25) is 0 Å². The Morgan fingerprint density at radius 1 is 0.769 bits per heavy atom. The number of benzene rings is 1. The molecule has 0 aliphatic rings. The van der Waals surface area contributed by atoms with Gasteiger partial charge in [-0.3, -0.25) is 14.4 Å². The molecule has 1 rings (SSSR count). The smallest absolute Gasteiger partial charge is 0.321 e. The van der Waals surface area contributed by atoms with Gasteiger partial charge in [-0.15, -0.1) is 0 Å². The Labute approximate surface area is 158 Å². The molecule has 0 spiro atoms. The maximum Gasteiger partial charge on any atom is 0.321 e. The Balaban J connectivity index is 0.000000485. The molecule has 1 aromatic rings. The van der Waals surface area contributed by atoms with Gasteiger partial charge in [-0.2, -0.15) is 0 Å². The Hall–Kier alpha value is -1.79. The monoisotopic (exact) mass is 405 g/mol. The van der Waals surface area contributed by atoms with E-state index in [1.54, 1.807) is 0 Å². The lowest BCUT2D eigenvalue weighted by Gasteiger charge is -2.07. The molecule has 0 aliphatic carbocycles. The molecular formula is C15H23N3O6S2. The number of nitrogens with two attached hydrogens (primary N) is 3. The van der Waals surface area contributed by atoms with Gasteiger partial charge < -0.3 is 32.5 Å². The summed E-state index contributed by atoms with van der Waals surface area (Å²) in [6.07, 6.45) is 0.385. The first-order valence-corrected chi connectivity index (χ1v) is 9.87. The van der Waals surface area contributed by atoms with Gasteiger partial charge in [0.2, 0.25) is 0 Å². The molecule has 0 amide bonds. The minimum Gasteiger partial charge on any atom is -0.480 e. The standard InChI is InChI=1S/C9H11NO2.C6H12N2O4S2/c10-8(9(11)12)6-7-4-2-1-3-5-7;7-3(5(9)10)1-13-14-2-4(8)6(11)12/h1-5,8H,6,10H2,(H,11,12);3-4H,1-2,7-8H2,(H,9,10)(H,11,12)/t8-;/m0./s1. The van der Waals surface area contributed by atoms with Crippen LogP contribution in [-0.4, -0.2) is 62.9 Å². The third-order valence-electron chi connectivity index (χ3n) is 2.83. The van der Waals surface area contributed by atoms with Crippen molar-refractivity contribution in [1.82, 2.24) is 0 Å². The molecule has 9 nitrogen and oxygen atoms in total. The normalized spacial score (nSPS) is 13.7. The van der Waals surface area contributed by atoms with Crippen LogP contribution >= 0.6 is 21.6 Å². The maximum atomic E-state index is 10.4. The molecule has 0 aromatic heterocycles. The van der Waals surface area contributed by atoms with E-state index in [4.69, 9.17) is 32.5 Å². The largest absolute Gasteiger partial charge is 0.480 e. The summed E-state index contributed by atoms with van der Waals surface area (Å²) in [4.78, 5) is 30.9. The zero-order valence-electron chi connectivity index (χ0n) is 13.9. The Kier molecular flexibility index (Phi) is 12.5.